The maximum atomic E-state index is 12.4. The fourth-order valence-electron chi connectivity index (χ4n) is 2.09. The first-order chi connectivity index (χ1) is 11.7. The Labute approximate surface area is 151 Å². The van der Waals surface area contributed by atoms with Crippen molar-refractivity contribution in [3.05, 3.63) is 34.7 Å². The average Bonchev–Trinajstić information content (AvgIpc) is 2.82. The molecule has 1 aliphatic rings. The maximum Gasteiger partial charge on any atom is 0.293 e. The van der Waals surface area contributed by atoms with Gasteiger partial charge in [0.05, 0.1) is 12.0 Å². The molecule has 134 valence electrons. The molecule has 2 rings (SSSR count). The highest BCUT2D eigenvalue weighted by Gasteiger charge is 2.34. The van der Waals surface area contributed by atoms with Gasteiger partial charge in [-0.25, -0.2) is 0 Å². The fourth-order valence-corrected chi connectivity index (χ4v) is 2.96. The van der Waals surface area contributed by atoms with Crippen LogP contribution in [0.25, 0.3) is 6.08 Å². The fraction of sp³-hybridized carbons (Fsp3) is 0.389. The van der Waals surface area contributed by atoms with Gasteiger partial charge in [-0.2, -0.15) is 0 Å². The lowest BCUT2D eigenvalue weighted by atomic mass is 9.96. The molecule has 0 aliphatic carbocycles. The number of hydrogen-bond donors (Lipinski definition) is 1. The lowest BCUT2D eigenvalue weighted by molar-refractivity contribution is -0.129. The normalized spacial score (nSPS) is 16.5. The predicted octanol–water partition coefficient (Wildman–Crippen LogP) is 2.89. The number of imide groups is 1. The molecule has 3 amide bonds. The summed E-state index contributed by atoms with van der Waals surface area (Å²) < 4.78 is 5.09. The van der Waals surface area contributed by atoms with E-state index in [9.17, 15) is 14.4 Å². The van der Waals surface area contributed by atoms with Gasteiger partial charge in [0, 0.05) is 18.5 Å². The molecule has 1 saturated heterocycles. The first kappa shape index (κ1) is 19.1. The molecular formula is C18H22N2O4S. The van der Waals surface area contributed by atoms with Crippen molar-refractivity contribution in [3.63, 3.8) is 0 Å². The van der Waals surface area contributed by atoms with E-state index in [4.69, 9.17) is 4.74 Å². The minimum atomic E-state index is -0.507. The van der Waals surface area contributed by atoms with Crippen molar-refractivity contribution in [2.75, 3.05) is 20.2 Å². The number of nitrogens with zero attached hydrogens (tertiary/aromatic N) is 1. The summed E-state index contributed by atoms with van der Waals surface area (Å²) in [5, 5.41) is 2.42. The van der Waals surface area contributed by atoms with Gasteiger partial charge in [-0.3, -0.25) is 19.3 Å². The van der Waals surface area contributed by atoms with Crippen LogP contribution in [-0.4, -0.2) is 42.2 Å². The number of thioether (sulfide) groups is 1. The minimum absolute atomic E-state index is 0.117. The Balaban J connectivity index is 1.99. The summed E-state index contributed by atoms with van der Waals surface area (Å²) in [6.45, 7) is 5.82. The molecule has 7 heteroatoms. The zero-order valence-corrected chi connectivity index (χ0v) is 15.6. The first-order valence-corrected chi connectivity index (χ1v) is 8.72. The highest BCUT2D eigenvalue weighted by molar-refractivity contribution is 8.18. The molecule has 1 aromatic carbocycles. The maximum absolute atomic E-state index is 12.4. The monoisotopic (exact) mass is 362 g/mol. The van der Waals surface area contributed by atoms with Crippen LogP contribution in [-0.2, 0) is 9.59 Å². The Morgan fingerprint density at radius 2 is 1.88 bits per heavy atom. The van der Waals surface area contributed by atoms with E-state index in [-0.39, 0.29) is 30.1 Å². The van der Waals surface area contributed by atoms with Crippen LogP contribution < -0.4 is 10.1 Å². The number of ether oxygens (including phenoxy) is 1. The minimum Gasteiger partial charge on any atom is -0.497 e. The second-order valence-electron chi connectivity index (χ2n) is 6.61. The number of carbonyl (C=O) groups excluding carboxylic acids is 3. The molecule has 0 aromatic heterocycles. The van der Waals surface area contributed by atoms with Gasteiger partial charge in [0.2, 0.25) is 5.91 Å². The van der Waals surface area contributed by atoms with Gasteiger partial charge in [0.25, 0.3) is 11.1 Å². The molecule has 1 N–H and O–H groups in total. The van der Waals surface area contributed by atoms with Crippen LogP contribution in [0.4, 0.5) is 4.79 Å². The Morgan fingerprint density at radius 3 is 2.44 bits per heavy atom. The molecule has 25 heavy (non-hydrogen) atoms. The van der Waals surface area contributed by atoms with Crippen LogP contribution in [0.2, 0.25) is 0 Å². The Hall–Kier alpha value is -2.28. The van der Waals surface area contributed by atoms with Crippen LogP contribution >= 0.6 is 11.8 Å². The number of carbonyl (C=O) groups is 3. The number of methoxy groups -OCH3 is 1. The van der Waals surface area contributed by atoms with Gasteiger partial charge < -0.3 is 10.1 Å². The van der Waals surface area contributed by atoms with Crippen molar-refractivity contribution in [2.24, 2.45) is 5.41 Å². The molecule has 1 fully saturated rings. The second kappa shape index (κ2) is 7.74. The quantitative estimate of drug-likeness (QED) is 0.815. The van der Waals surface area contributed by atoms with E-state index in [2.05, 4.69) is 5.32 Å². The average molecular weight is 362 g/mol. The van der Waals surface area contributed by atoms with Gasteiger partial charge in [-0.05, 0) is 35.5 Å². The van der Waals surface area contributed by atoms with E-state index in [1.165, 1.54) is 0 Å². The summed E-state index contributed by atoms with van der Waals surface area (Å²) in [6, 6.07) is 7.21. The van der Waals surface area contributed by atoms with Crippen LogP contribution in [0, 0.1) is 5.41 Å². The van der Waals surface area contributed by atoms with Gasteiger partial charge in [0.1, 0.15) is 5.75 Å². The molecule has 6 nitrogen and oxygen atoms in total. The third-order valence-corrected chi connectivity index (χ3v) is 4.50. The van der Waals surface area contributed by atoms with Crippen molar-refractivity contribution in [1.82, 2.24) is 10.2 Å². The van der Waals surface area contributed by atoms with Crippen molar-refractivity contribution < 1.29 is 19.1 Å². The van der Waals surface area contributed by atoms with Crippen molar-refractivity contribution in [2.45, 2.75) is 20.8 Å². The van der Waals surface area contributed by atoms with E-state index in [1.807, 2.05) is 12.1 Å². The van der Waals surface area contributed by atoms with Crippen LogP contribution in [0.5, 0.6) is 5.75 Å². The molecule has 0 unspecified atom stereocenters. The topological polar surface area (TPSA) is 75.7 Å². The zero-order chi connectivity index (χ0) is 18.6. The van der Waals surface area contributed by atoms with Crippen molar-refractivity contribution >= 4 is 34.9 Å². The third kappa shape index (κ3) is 4.85. The lowest BCUT2D eigenvalue weighted by Gasteiger charge is -2.19. The van der Waals surface area contributed by atoms with Crippen molar-refractivity contribution in [3.8, 4) is 5.75 Å². The number of nitrogens with one attached hydrogen (secondary N) is 1. The zero-order valence-electron chi connectivity index (χ0n) is 14.8. The van der Waals surface area contributed by atoms with Crippen LogP contribution in [0.15, 0.2) is 29.2 Å². The Bertz CT molecular complexity index is 705. The molecule has 0 saturated carbocycles. The van der Waals surface area contributed by atoms with E-state index in [0.29, 0.717) is 4.91 Å². The van der Waals surface area contributed by atoms with Crippen LogP contribution in [0.3, 0.4) is 0 Å². The Kier molecular flexibility index (Phi) is 5.89. The molecule has 0 bridgehead atoms. The highest BCUT2D eigenvalue weighted by atomic mass is 32.2. The summed E-state index contributed by atoms with van der Waals surface area (Å²) >= 11 is 0.906. The molecule has 0 radical (unpaired) electrons. The van der Waals surface area contributed by atoms with E-state index in [0.717, 1.165) is 28.0 Å². The van der Waals surface area contributed by atoms with E-state index >= 15 is 0 Å². The van der Waals surface area contributed by atoms with Crippen molar-refractivity contribution in [1.29, 1.82) is 0 Å². The second-order valence-corrected chi connectivity index (χ2v) is 7.61. The van der Waals surface area contributed by atoms with Gasteiger partial charge in [-0.1, -0.05) is 32.9 Å². The SMILES string of the molecule is COc1ccc(/C=C2/SC(=O)N(CCNC(=O)C(C)(C)C)C2=O)cc1. The molecular weight excluding hydrogens is 340 g/mol. The molecule has 1 aliphatic heterocycles. The van der Waals surface area contributed by atoms with Crippen LogP contribution in [0.1, 0.15) is 26.3 Å². The predicted molar refractivity (Wildman–Crippen MR) is 98.1 cm³/mol. The number of hydrogen-bond acceptors (Lipinski definition) is 5. The number of benzene rings is 1. The first-order valence-electron chi connectivity index (χ1n) is 7.90. The summed E-state index contributed by atoms with van der Waals surface area (Å²) in [5.41, 5.74) is 0.306. The van der Waals surface area contributed by atoms with Gasteiger partial charge in [0.15, 0.2) is 0 Å². The summed E-state index contributed by atoms with van der Waals surface area (Å²) in [6.07, 6.45) is 1.68. The third-order valence-electron chi connectivity index (χ3n) is 3.59. The standard InChI is InChI=1S/C18H22N2O4S/c1-18(2,3)16(22)19-9-10-20-15(21)14(25-17(20)23)11-12-5-7-13(24-4)8-6-12/h5-8,11H,9-10H2,1-4H3,(H,19,22)/b14-11+. The number of rotatable bonds is 5. The lowest BCUT2D eigenvalue weighted by Crippen LogP contribution is -2.41. The molecule has 1 aromatic rings. The molecule has 0 spiro atoms. The highest BCUT2D eigenvalue weighted by Crippen LogP contribution is 2.32. The number of amides is 3. The summed E-state index contributed by atoms with van der Waals surface area (Å²) in [5.74, 6) is 0.268. The summed E-state index contributed by atoms with van der Waals surface area (Å²) in [7, 11) is 1.58. The molecule has 0 atom stereocenters. The smallest absolute Gasteiger partial charge is 0.293 e. The van der Waals surface area contributed by atoms with E-state index in [1.54, 1.807) is 46.1 Å². The van der Waals surface area contributed by atoms with Gasteiger partial charge in [-0.15, -0.1) is 0 Å². The molecule has 1 heterocycles. The Morgan fingerprint density at radius 1 is 1.24 bits per heavy atom. The van der Waals surface area contributed by atoms with E-state index < -0.39 is 5.41 Å². The summed E-state index contributed by atoms with van der Waals surface area (Å²) in [4.78, 5) is 37.8. The van der Waals surface area contributed by atoms with Gasteiger partial charge >= 0.3 is 0 Å². The largest absolute Gasteiger partial charge is 0.497 e.